The van der Waals surface area contributed by atoms with Crippen molar-refractivity contribution >= 4 is 5.91 Å². The predicted octanol–water partition coefficient (Wildman–Crippen LogP) is 1.57. The first kappa shape index (κ1) is 15.4. The number of amides is 1. The van der Waals surface area contributed by atoms with E-state index in [9.17, 15) is 4.79 Å². The van der Waals surface area contributed by atoms with Gasteiger partial charge in [-0.25, -0.2) is 0 Å². The van der Waals surface area contributed by atoms with Crippen LogP contribution in [0.5, 0.6) is 0 Å². The van der Waals surface area contributed by atoms with Gasteiger partial charge >= 0.3 is 0 Å². The largest absolute Gasteiger partial charge is 0.379 e. The Morgan fingerprint density at radius 3 is 2.74 bits per heavy atom. The Bertz CT molecular complexity index is 402. The molecule has 4 heteroatoms. The normalized spacial score (nSPS) is 13.6. The van der Waals surface area contributed by atoms with Crippen molar-refractivity contribution in [1.82, 2.24) is 5.32 Å². The average molecular weight is 262 g/mol. The lowest BCUT2D eigenvalue weighted by molar-refractivity contribution is -0.126. The molecule has 19 heavy (non-hydrogen) atoms. The molecule has 104 valence electrons. The van der Waals surface area contributed by atoms with Crippen LogP contribution in [0.1, 0.15) is 18.9 Å². The lowest BCUT2D eigenvalue weighted by Gasteiger charge is -2.24. The topological polar surface area (TPSA) is 64.3 Å². The van der Waals surface area contributed by atoms with Crippen LogP contribution in [0, 0.1) is 0 Å². The number of carbonyl (C=O) groups is 1. The summed E-state index contributed by atoms with van der Waals surface area (Å²) in [5, 5.41) is 2.78. The molecule has 0 aliphatic rings. The zero-order valence-corrected chi connectivity index (χ0v) is 11.4. The maximum absolute atomic E-state index is 12.0. The Balaban J connectivity index is 2.38. The number of nitrogens with one attached hydrogen (secondary N) is 1. The van der Waals surface area contributed by atoms with E-state index in [1.807, 2.05) is 30.3 Å². The number of hydrogen-bond acceptors (Lipinski definition) is 3. The van der Waals surface area contributed by atoms with Gasteiger partial charge in [0, 0.05) is 6.54 Å². The van der Waals surface area contributed by atoms with Crippen LogP contribution in [0.3, 0.4) is 0 Å². The van der Waals surface area contributed by atoms with Crippen molar-refractivity contribution < 1.29 is 9.53 Å². The summed E-state index contributed by atoms with van der Waals surface area (Å²) in [4.78, 5) is 12.0. The second kappa shape index (κ2) is 7.71. The third kappa shape index (κ3) is 4.85. The lowest BCUT2D eigenvalue weighted by Crippen LogP contribution is -2.49. The first-order valence-electron chi connectivity index (χ1n) is 6.40. The van der Waals surface area contributed by atoms with E-state index in [4.69, 9.17) is 10.5 Å². The van der Waals surface area contributed by atoms with Crippen LogP contribution in [0.4, 0.5) is 0 Å². The molecule has 1 unspecified atom stereocenters. The molecular formula is C15H22N2O2. The van der Waals surface area contributed by atoms with Gasteiger partial charge in [0.15, 0.2) is 0 Å². The molecule has 1 rings (SSSR count). The minimum absolute atomic E-state index is 0.203. The molecule has 0 radical (unpaired) electrons. The number of benzene rings is 1. The van der Waals surface area contributed by atoms with Crippen LogP contribution in [-0.2, 0) is 15.1 Å². The van der Waals surface area contributed by atoms with Crippen LogP contribution < -0.4 is 11.1 Å². The van der Waals surface area contributed by atoms with Gasteiger partial charge < -0.3 is 15.8 Å². The maximum Gasteiger partial charge on any atom is 0.244 e. The van der Waals surface area contributed by atoms with Crippen LogP contribution in [0.15, 0.2) is 43.0 Å². The molecule has 1 aromatic rings. The van der Waals surface area contributed by atoms with Crippen LogP contribution >= 0.6 is 0 Å². The molecule has 0 aliphatic carbocycles. The first-order valence-corrected chi connectivity index (χ1v) is 6.40. The quantitative estimate of drug-likeness (QED) is 0.552. The van der Waals surface area contributed by atoms with Gasteiger partial charge in [-0.2, -0.15) is 0 Å². The van der Waals surface area contributed by atoms with Gasteiger partial charge in [0.25, 0.3) is 0 Å². The zero-order chi connectivity index (χ0) is 14.1. The number of ether oxygens (including phenoxy) is 1. The monoisotopic (exact) mass is 262 g/mol. The summed E-state index contributed by atoms with van der Waals surface area (Å²) in [6.07, 6.45) is 2.61. The molecule has 0 fully saturated rings. The van der Waals surface area contributed by atoms with Crippen molar-refractivity contribution in [2.75, 3.05) is 19.8 Å². The molecule has 0 bridgehead atoms. The highest BCUT2D eigenvalue weighted by Gasteiger charge is 2.29. The van der Waals surface area contributed by atoms with E-state index >= 15 is 0 Å². The summed E-state index contributed by atoms with van der Waals surface area (Å²) in [5.41, 5.74) is 5.84. The highest BCUT2D eigenvalue weighted by atomic mass is 16.5. The van der Waals surface area contributed by atoms with Gasteiger partial charge in [-0.05, 0) is 18.9 Å². The lowest BCUT2D eigenvalue weighted by atomic mass is 9.92. The molecule has 0 aromatic heterocycles. The van der Waals surface area contributed by atoms with Crippen LogP contribution in [-0.4, -0.2) is 25.7 Å². The molecule has 0 spiro atoms. The molecule has 0 saturated carbocycles. The second-order valence-corrected chi connectivity index (χ2v) is 4.51. The summed E-state index contributed by atoms with van der Waals surface area (Å²) < 4.78 is 5.32. The summed E-state index contributed by atoms with van der Waals surface area (Å²) in [6.45, 7) is 6.86. The summed E-state index contributed by atoms with van der Waals surface area (Å²) in [7, 11) is 0. The molecule has 0 heterocycles. The van der Waals surface area contributed by atoms with Crippen molar-refractivity contribution in [3.8, 4) is 0 Å². The number of rotatable bonds is 8. The highest BCUT2D eigenvalue weighted by Crippen LogP contribution is 2.16. The zero-order valence-electron chi connectivity index (χ0n) is 11.4. The first-order chi connectivity index (χ1) is 9.09. The molecule has 4 nitrogen and oxygen atoms in total. The Kier molecular flexibility index (Phi) is 6.25. The number of nitrogens with two attached hydrogens (primary N) is 1. The van der Waals surface area contributed by atoms with Gasteiger partial charge in [-0.3, -0.25) is 4.79 Å². The fourth-order valence-electron chi connectivity index (χ4n) is 1.60. The second-order valence-electron chi connectivity index (χ2n) is 4.51. The van der Waals surface area contributed by atoms with E-state index in [1.165, 1.54) is 0 Å². The van der Waals surface area contributed by atoms with Gasteiger partial charge in [0.05, 0.1) is 13.2 Å². The van der Waals surface area contributed by atoms with Crippen molar-refractivity contribution in [3.05, 3.63) is 48.6 Å². The van der Waals surface area contributed by atoms with Gasteiger partial charge in [-0.1, -0.05) is 36.4 Å². The fraction of sp³-hybridized carbons (Fsp3) is 0.400. The third-order valence-electron chi connectivity index (χ3n) is 2.84. The molecule has 0 aliphatic heterocycles. The molecule has 1 aromatic carbocycles. The van der Waals surface area contributed by atoms with E-state index in [2.05, 4.69) is 11.9 Å². The summed E-state index contributed by atoms with van der Waals surface area (Å²) >= 11 is 0. The van der Waals surface area contributed by atoms with Crippen LogP contribution in [0.2, 0.25) is 0 Å². The minimum atomic E-state index is -1.03. The van der Waals surface area contributed by atoms with E-state index in [0.29, 0.717) is 19.8 Å². The Morgan fingerprint density at radius 1 is 1.42 bits per heavy atom. The number of carbonyl (C=O) groups excluding carboxylic acids is 1. The third-order valence-corrected chi connectivity index (χ3v) is 2.84. The van der Waals surface area contributed by atoms with Gasteiger partial charge in [-0.15, -0.1) is 6.58 Å². The van der Waals surface area contributed by atoms with E-state index in [-0.39, 0.29) is 5.91 Å². The SMILES string of the molecule is C=CCCOCCNC(=O)C(C)(N)c1ccccc1. The molecule has 3 N–H and O–H groups in total. The van der Waals surface area contributed by atoms with E-state index < -0.39 is 5.54 Å². The Labute approximate surface area is 114 Å². The Hall–Kier alpha value is -1.65. The van der Waals surface area contributed by atoms with Crippen molar-refractivity contribution in [3.63, 3.8) is 0 Å². The fourth-order valence-corrected chi connectivity index (χ4v) is 1.60. The molecular weight excluding hydrogens is 240 g/mol. The predicted molar refractivity (Wildman–Crippen MR) is 76.6 cm³/mol. The summed E-state index contributed by atoms with van der Waals surface area (Å²) in [6, 6.07) is 9.32. The summed E-state index contributed by atoms with van der Waals surface area (Å²) in [5.74, 6) is -0.203. The standard InChI is InChI=1S/C15H22N2O2/c1-3-4-11-19-12-10-17-14(18)15(2,16)13-8-6-5-7-9-13/h3,5-9H,1,4,10-12,16H2,2H3,(H,17,18). The number of hydrogen-bond donors (Lipinski definition) is 2. The van der Waals surface area contributed by atoms with E-state index in [0.717, 1.165) is 12.0 Å². The molecule has 1 atom stereocenters. The Morgan fingerprint density at radius 2 is 2.11 bits per heavy atom. The smallest absolute Gasteiger partial charge is 0.244 e. The van der Waals surface area contributed by atoms with E-state index in [1.54, 1.807) is 13.0 Å². The van der Waals surface area contributed by atoms with Crippen molar-refractivity contribution in [1.29, 1.82) is 0 Å². The highest BCUT2D eigenvalue weighted by molar-refractivity contribution is 5.86. The van der Waals surface area contributed by atoms with Crippen molar-refractivity contribution in [2.24, 2.45) is 5.73 Å². The van der Waals surface area contributed by atoms with Crippen LogP contribution in [0.25, 0.3) is 0 Å². The molecule has 0 saturated heterocycles. The average Bonchev–Trinajstić information content (AvgIpc) is 2.43. The van der Waals surface area contributed by atoms with Gasteiger partial charge in [0.1, 0.15) is 5.54 Å². The maximum atomic E-state index is 12.0. The molecule has 1 amide bonds. The minimum Gasteiger partial charge on any atom is -0.379 e. The van der Waals surface area contributed by atoms with Crippen molar-refractivity contribution in [2.45, 2.75) is 18.9 Å². The van der Waals surface area contributed by atoms with Gasteiger partial charge in [0.2, 0.25) is 5.91 Å².